The highest BCUT2D eigenvalue weighted by atomic mass is 32.2. The van der Waals surface area contributed by atoms with Gasteiger partial charge in [-0.2, -0.15) is 11.8 Å². The molecule has 1 fully saturated rings. The maximum Gasteiger partial charge on any atom is 0.161 e. The minimum atomic E-state index is -0.491. The zero-order valence-corrected chi connectivity index (χ0v) is 16.7. The minimum Gasteiger partial charge on any atom is -0.493 e. The summed E-state index contributed by atoms with van der Waals surface area (Å²) < 4.78 is 11.3. The topological polar surface area (TPSA) is 54.0 Å². The number of nitrogens with one attached hydrogen (secondary N) is 1. The largest absolute Gasteiger partial charge is 0.493 e. The van der Waals surface area contributed by atoms with Crippen LogP contribution in [0.25, 0.3) is 0 Å². The highest BCUT2D eigenvalue weighted by Crippen LogP contribution is 2.28. The molecule has 142 valence electrons. The van der Waals surface area contributed by atoms with Gasteiger partial charge in [-0.1, -0.05) is 6.07 Å². The Hall–Kier alpha value is -0.950. The molecule has 1 aliphatic heterocycles. The molecule has 1 saturated heterocycles. The van der Waals surface area contributed by atoms with Gasteiger partial charge in [-0.15, -0.1) is 0 Å². The van der Waals surface area contributed by atoms with Crippen molar-refractivity contribution in [3.63, 3.8) is 0 Å². The fraction of sp³-hybridized carbons (Fsp3) is 0.684. The summed E-state index contributed by atoms with van der Waals surface area (Å²) in [6, 6.07) is 5.94. The van der Waals surface area contributed by atoms with E-state index in [0.29, 0.717) is 18.0 Å². The van der Waals surface area contributed by atoms with Crippen molar-refractivity contribution in [2.24, 2.45) is 0 Å². The number of aliphatic hydroxyl groups is 1. The van der Waals surface area contributed by atoms with Crippen molar-refractivity contribution in [1.29, 1.82) is 0 Å². The van der Waals surface area contributed by atoms with Crippen molar-refractivity contribution in [3.05, 3.63) is 23.8 Å². The van der Waals surface area contributed by atoms with Gasteiger partial charge in [-0.05, 0) is 38.5 Å². The van der Waals surface area contributed by atoms with Gasteiger partial charge in [0, 0.05) is 43.2 Å². The third-order valence-corrected chi connectivity index (χ3v) is 5.00. The first-order chi connectivity index (χ1) is 11.9. The lowest BCUT2D eigenvalue weighted by Gasteiger charge is -2.28. The molecular weight excluding hydrogens is 336 g/mol. The first kappa shape index (κ1) is 20.4. The van der Waals surface area contributed by atoms with E-state index >= 15 is 0 Å². The molecule has 0 aromatic heterocycles. The van der Waals surface area contributed by atoms with Gasteiger partial charge in [0.1, 0.15) is 12.7 Å². The van der Waals surface area contributed by atoms with Crippen molar-refractivity contribution >= 4 is 11.8 Å². The number of β-amino-alcohol motifs (C(OH)–C–C–N with tert-alkyl or cyclic N) is 1. The molecule has 25 heavy (non-hydrogen) atoms. The number of nitrogens with zero attached hydrogens (tertiary/aromatic N) is 1. The summed E-state index contributed by atoms with van der Waals surface area (Å²) >= 11 is 1.97. The third kappa shape index (κ3) is 7.44. The first-order valence-electron chi connectivity index (χ1n) is 8.90. The smallest absolute Gasteiger partial charge is 0.161 e. The van der Waals surface area contributed by atoms with Crippen LogP contribution in [0.15, 0.2) is 18.2 Å². The number of rotatable bonds is 8. The maximum atomic E-state index is 10.2. The molecule has 0 radical (unpaired) electrons. The Morgan fingerprint density at radius 3 is 2.60 bits per heavy atom. The molecule has 1 aromatic rings. The quantitative estimate of drug-likeness (QED) is 0.735. The number of hydrogen-bond donors (Lipinski definition) is 2. The highest BCUT2D eigenvalue weighted by Gasteiger charge is 2.16. The molecule has 5 nitrogen and oxygen atoms in total. The van der Waals surface area contributed by atoms with Crippen LogP contribution in [0.5, 0.6) is 11.5 Å². The molecule has 0 saturated carbocycles. The molecule has 1 aliphatic rings. The molecule has 0 bridgehead atoms. The molecule has 0 spiro atoms. The summed E-state index contributed by atoms with van der Waals surface area (Å²) in [5, 5.41) is 13.7. The SMILES string of the molecule is COc1cc(CNC(C)(C)C)ccc1OC[C@@H](O)CN1CCSCC1. The molecule has 1 aromatic carbocycles. The fourth-order valence-electron chi connectivity index (χ4n) is 2.63. The van der Waals surface area contributed by atoms with E-state index in [4.69, 9.17) is 9.47 Å². The van der Waals surface area contributed by atoms with Crippen LogP contribution in [0.1, 0.15) is 26.3 Å². The van der Waals surface area contributed by atoms with E-state index in [1.165, 1.54) is 0 Å². The number of hydrogen-bond acceptors (Lipinski definition) is 6. The second-order valence-corrected chi connectivity index (χ2v) is 8.69. The van der Waals surface area contributed by atoms with Crippen LogP contribution in [0.4, 0.5) is 0 Å². The lowest BCUT2D eigenvalue weighted by Crippen LogP contribution is -2.40. The number of aliphatic hydroxyl groups excluding tert-OH is 1. The summed E-state index contributed by atoms with van der Waals surface area (Å²) in [6.07, 6.45) is -0.491. The first-order valence-corrected chi connectivity index (χ1v) is 10.1. The molecule has 6 heteroatoms. The van der Waals surface area contributed by atoms with Crippen LogP contribution in [0.2, 0.25) is 0 Å². The van der Waals surface area contributed by atoms with Crippen LogP contribution < -0.4 is 14.8 Å². The summed E-state index contributed by atoms with van der Waals surface area (Å²) in [5.74, 6) is 3.67. The molecule has 0 unspecified atom stereocenters. The average molecular weight is 369 g/mol. The number of thioether (sulfide) groups is 1. The van der Waals surface area contributed by atoms with Gasteiger partial charge in [0.2, 0.25) is 0 Å². The van der Waals surface area contributed by atoms with E-state index in [2.05, 4.69) is 31.0 Å². The molecule has 2 N–H and O–H groups in total. The van der Waals surface area contributed by atoms with Gasteiger partial charge in [0.15, 0.2) is 11.5 Å². The highest BCUT2D eigenvalue weighted by molar-refractivity contribution is 7.99. The summed E-state index contributed by atoms with van der Waals surface area (Å²) in [5.41, 5.74) is 1.21. The van der Waals surface area contributed by atoms with Crippen LogP contribution >= 0.6 is 11.8 Å². The van der Waals surface area contributed by atoms with Crippen LogP contribution in [0.3, 0.4) is 0 Å². The Bertz CT molecular complexity index is 528. The van der Waals surface area contributed by atoms with E-state index in [-0.39, 0.29) is 12.1 Å². The van der Waals surface area contributed by atoms with Crippen molar-refractivity contribution in [3.8, 4) is 11.5 Å². The zero-order chi connectivity index (χ0) is 18.3. The van der Waals surface area contributed by atoms with Crippen LogP contribution in [0, 0.1) is 0 Å². The second kappa shape index (κ2) is 9.67. The molecular formula is C19H32N2O3S. The Morgan fingerprint density at radius 1 is 1.24 bits per heavy atom. The van der Waals surface area contributed by atoms with Crippen LogP contribution in [-0.2, 0) is 6.54 Å². The third-order valence-electron chi connectivity index (χ3n) is 4.05. The summed E-state index contributed by atoms with van der Waals surface area (Å²) in [4.78, 5) is 2.29. The fourth-order valence-corrected chi connectivity index (χ4v) is 3.61. The number of methoxy groups -OCH3 is 1. The maximum absolute atomic E-state index is 10.2. The molecule has 0 aliphatic carbocycles. The predicted molar refractivity (Wildman–Crippen MR) is 105 cm³/mol. The normalized spacial score (nSPS) is 17.3. The predicted octanol–water partition coefficient (Wildman–Crippen LogP) is 2.37. The lowest BCUT2D eigenvalue weighted by atomic mass is 10.1. The van der Waals surface area contributed by atoms with Crippen molar-refractivity contribution in [1.82, 2.24) is 10.2 Å². The minimum absolute atomic E-state index is 0.0689. The monoisotopic (exact) mass is 368 g/mol. The van der Waals surface area contributed by atoms with Crippen molar-refractivity contribution in [2.75, 3.05) is 44.9 Å². The Kier molecular flexibility index (Phi) is 7.87. The molecule has 2 rings (SSSR count). The summed E-state index contributed by atoms with van der Waals surface area (Å²) in [6.45, 7) is 10.2. The van der Waals surface area contributed by atoms with Gasteiger partial charge in [-0.25, -0.2) is 0 Å². The van der Waals surface area contributed by atoms with Crippen LogP contribution in [-0.4, -0.2) is 66.5 Å². The molecule has 1 heterocycles. The second-order valence-electron chi connectivity index (χ2n) is 7.47. The van der Waals surface area contributed by atoms with Crippen molar-refractivity contribution < 1.29 is 14.6 Å². The molecule has 0 amide bonds. The van der Waals surface area contributed by atoms with E-state index in [1.807, 2.05) is 30.0 Å². The van der Waals surface area contributed by atoms with Gasteiger partial charge in [0.25, 0.3) is 0 Å². The zero-order valence-electron chi connectivity index (χ0n) is 15.9. The van der Waals surface area contributed by atoms with E-state index in [1.54, 1.807) is 7.11 Å². The van der Waals surface area contributed by atoms with Gasteiger partial charge in [0.05, 0.1) is 7.11 Å². The Labute approximate surface area is 156 Å². The Morgan fingerprint density at radius 2 is 1.96 bits per heavy atom. The number of benzene rings is 1. The van der Waals surface area contributed by atoms with E-state index < -0.39 is 6.10 Å². The lowest BCUT2D eigenvalue weighted by molar-refractivity contribution is 0.0705. The van der Waals surface area contributed by atoms with Gasteiger partial charge >= 0.3 is 0 Å². The van der Waals surface area contributed by atoms with Gasteiger partial charge in [-0.3, -0.25) is 4.90 Å². The van der Waals surface area contributed by atoms with Gasteiger partial charge < -0.3 is 19.9 Å². The summed E-state index contributed by atoms with van der Waals surface area (Å²) in [7, 11) is 1.64. The molecule has 1 atom stereocenters. The van der Waals surface area contributed by atoms with Crippen molar-refractivity contribution in [2.45, 2.75) is 39.0 Å². The van der Waals surface area contributed by atoms with E-state index in [0.717, 1.165) is 36.7 Å². The average Bonchev–Trinajstić information content (AvgIpc) is 2.58. The van der Waals surface area contributed by atoms with E-state index in [9.17, 15) is 5.11 Å². The standard InChI is InChI=1S/C19H32N2O3S/c1-19(2,3)20-12-15-5-6-17(18(11-15)23-4)24-14-16(22)13-21-7-9-25-10-8-21/h5-6,11,16,20,22H,7-10,12-14H2,1-4H3/t16-/m0/s1. The number of ether oxygens (including phenoxy) is 2. The Balaban J connectivity index is 1.85.